The van der Waals surface area contributed by atoms with Crippen molar-refractivity contribution >= 4 is 17.8 Å². The largest absolute Gasteiger partial charge is 0.461 e. The molecular formula is C29H37N3O4. The Morgan fingerprint density at radius 1 is 1.00 bits per heavy atom. The van der Waals surface area contributed by atoms with E-state index in [9.17, 15) is 14.4 Å². The summed E-state index contributed by atoms with van der Waals surface area (Å²) in [6.07, 6.45) is 6.05. The molecule has 2 aliphatic rings. The molecule has 2 heterocycles. The molecule has 0 saturated carbocycles. The van der Waals surface area contributed by atoms with Crippen LogP contribution >= 0.6 is 0 Å². The number of likely N-dealkylation sites (N-methyl/N-ethyl adjacent to an activating group) is 1. The smallest absolute Gasteiger partial charge is 0.306 e. The molecule has 0 aromatic heterocycles. The summed E-state index contributed by atoms with van der Waals surface area (Å²) in [6.45, 7) is 0.887. The van der Waals surface area contributed by atoms with Crippen LogP contribution in [0.3, 0.4) is 0 Å². The molecule has 0 radical (unpaired) electrons. The van der Waals surface area contributed by atoms with E-state index in [1.165, 1.54) is 0 Å². The van der Waals surface area contributed by atoms with Gasteiger partial charge in [-0.1, -0.05) is 55.0 Å². The lowest BCUT2D eigenvalue weighted by Gasteiger charge is -2.44. The Hall–Kier alpha value is -3.19. The molecular weight excluding hydrogens is 454 g/mol. The molecule has 2 aliphatic heterocycles. The first-order valence-corrected chi connectivity index (χ1v) is 13.0. The summed E-state index contributed by atoms with van der Waals surface area (Å²) in [5, 5.41) is 6.29. The summed E-state index contributed by atoms with van der Waals surface area (Å²) in [5.41, 5.74) is 1.06. The molecule has 0 spiro atoms. The molecule has 7 nitrogen and oxygen atoms in total. The first-order valence-electron chi connectivity index (χ1n) is 13.0. The molecule has 2 bridgehead atoms. The number of hydrogen-bond acceptors (Lipinski definition) is 5. The van der Waals surface area contributed by atoms with Crippen LogP contribution in [0.5, 0.6) is 0 Å². The van der Waals surface area contributed by atoms with Crippen molar-refractivity contribution in [2.24, 2.45) is 0 Å². The number of hydrogen-bond donors (Lipinski definition) is 2. The van der Waals surface area contributed by atoms with Crippen molar-refractivity contribution in [3.63, 3.8) is 0 Å². The third kappa shape index (κ3) is 6.32. The summed E-state index contributed by atoms with van der Waals surface area (Å²) in [6, 6.07) is 19.2. The molecule has 2 N–H and O–H groups in total. The zero-order valence-electron chi connectivity index (χ0n) is 21.1. The van der Waals surface area contributed by atoms with Gasteiger partial charge in [0.2, 0.25) is 5.91 Å². The molecule has 0 aliphatic carbocycles. The summed E-state index contributed by atoms with van der Waals surface area (Å²) in [5.74, 6) is -0.220. The van der Waals surface area contributed by atoms with Crippen molar-refractivity contribution in [2.75, 3.05) is 13.6 Å². The van der Waals surface area contributed by atoms with Gasteiger partial charge in [-0.3, -0.25) is 19.3 Å². The highest BCUT2D eigenvalue weighted by atomic mass is 16.5. The van der Waals surface area contributed by atoms with E-state index in [1.807, 2.05) is 67.7 Å². The fourth-order valence-electron chi connectivity index (χ4n) is 5.55. The Labute approximate surface area is 213 Å². The van der Waals surface area contributed by atoms with Crippen LogP contribution in [0.1, 0.15) is 67.3 Å². The maximum absolute atomic E-state index is 13.3. The second-order valence-corrected chi connectivity index (χ2v) is 10.0. The Morgan fingerprint density at radius 3 is 2.47 bits per heavy atom. The Kier molecular flexibility index (Phi) is 8.75. The van der Waals surface area contributed by atoms with Crippen LogP contribution in [-0.2, 0) is 20.9 Å². The molecule has 36 heavy (non-hydrogen) atoms. The fraction of sp³-hybridized carbons (Fsp3) is 0.483. The number of amides is 2. The average Bonchev–Trinajstić information content (AvgIpc) is 3.08. The molecule has 3 atom stereocenters. The van der Waals surface area contributed by atoms with Gasteiger partial charge < -0.3 is 15.4 Å². The number of ether oxygens (including phenoxy) is 1. The minimum absolute atomic E-state index is 0.0194. The van der Waals surface area contributed by atoms with E-state index in [1.54, 1.807) is 0 Å². The zero-order valence-corrected chi connectivity index (χ0v) is 21.1. The zero-order chi connectivity index (χ0) is 25.4. The predicted molar refractivity (Wildman–Crippen MR) is 138 cm³/mol. The maximum Gasteiger partial charge on any atom is 0.306 e. The monoisotopic (exact) mass is 491 g/mol. The second-order valence-electron chi connectivity index (χ2n) is 10.0. The first kappa shape index (κ1) is 25.9. The van der Waals surface area contributed by atoms with Gasteiger partial charge in [-0.15, -0.1) is 0 Å². The van der Waals surface area contributed by atoms with E-state index in [4.69, 9.17) is 4.74 Å². The van der Waals surface area contributed by atoms with Crippen molar-refractivity contribution in [1.82, 2.24) is 15.5 Å². The van der Waals surface area contributed by atoms with Crippen LogP contribution in [0.4, 0.5) is 0 Å². The number of rotatable bonds is 11. The van der Waals surface area contributed by atoms with Gasteiger partial charge in [-0.2, -0.15) is 0 Å². The van der Waals surface area contributed by atoms with Crippen LogP contribution in [0.15, 0.2) is 60.7 Å². The third-order valence-corrected chi connectivity index (χ3v) is 7.63. The van der Waals surface area contributed by atoms with Gasteiger partial charge >= 0.3 is 5.97 Å². The van der Waals surface area contributed by atoms with Gasteiger partial charge in [0.15, 0.2) is 0 Å². The molecule has 2 unspecified atom stereocenters. The minimum atomic E-state index is -0.571. The normalized spacial score (nSPS) is 23.1. The maximum atomic E-state index is 13.3. The fourth-order valence-corrected chi connectivity index (χ4v) is 5.55. The van der Waals surface area contributed by atoms with Crippen LogP contribution in [0.2, 0.25) is 0 Å². The summed E-state index contributed by atoms with van der Waals surface area (Å²) in [4.78, 5) is 40.2. The van der Waals surface area contributed by atoms with Gasteiger partial charge in [0.1, 0.15) is 12.1 Å². The van der Waals surface area contributed by atoms with E-state index in [0.717, 1.165) is 44.1 Å². The third-order valence-electron chi connectivity index (χ3n) is 7.63. The molecule has 2 amide bonds. The summed E-state index contributed by atoms with van der Waals surface area (Å²) >= 11 is 0. The molecule has 2 saturated heterocycles. The van der Waals surface area contributed by atoms with Crippen molar-refractivity contribution in [3.8, 4) is 0 Å². The van der Waals surface area contributed by atoms with Crippen LogP contribution < -0.4 is 10.6 Å². The van der Waals surface area contributed by atoms with E-state index in [-0.39, 0.29) is 23.8 Å². The Balaban J connectivity index is 1.17. The second kappa shape index (κ2) is 12.2. The molecule has 4 rings (SSSR count). The van der Waals surface area contributed by atoms with E-state index in [0.29, 0.717) is 37.6 Å². The Bertz CT molecular complexity index is 1030. The predicted octanol–water partition coefficient (Wildman–Crippen LogP) is 3.83. The number of benzene rings is 2. The van der Waals surface area contributed by atoms with Crippen LogP contribution in [0.25, 0.3) is 0 Å². The van der Waals surface area contributed by atoms with Crippen molar-refractivity contribution < 1.29 is 19.1 Å². The molecule has 2 fully saturated rings. The number of nitrogens with one attached hydrogen (secondary N) is 2. The van der Waals surface area contributed by atoms with Crippen molar-refractivity contribution in [1.29, 1.82) is 0 Å². The number of unbranched alkanes of at least 4 members (excludes halogenated alkanes) is 2. The van der Waals surface area contributed by atoms with E-state index in [2.05, 4.69) is 15.5 Å². The lowest BCUT2D eigenvalue weighted by Crippen LogP contribution is -2.62. The average molecular weight is 492 g/mol. The first-order chi connectivity index (χ1) is 17.5. The van der Waals surface area contributed by atoms with Crippen LogP contribution in [0, 0.1) is 0 Å². The van der Waals surface area contributed by atoms with E-state index < -0.39 is 5.54 Å². The lowest BCUT2D eigenvalue weighted by atomic mass is 9.84. The highest BCUT2D eigenvalue weighted by Crippen LogP contribution is 2.43. The quantitative estimate of drug-likeness (QED) is 0.369. The van der Waals surface area contributed by atoms with Gasteiger partial charge in [0.25, 0.3) is 5.91 Å². The SMILES string of the molecule is CN1C2CC[C@]1(C(=O)NCCCCCC(=O)OCc1ccccc1)CC(NC(=O)c1ccccc1)C2. The highest BCUT2D eigenvalue weighted by Gasteiger charge is 2.54. The number of fused-ring (bicyclic) bond motifs is 2. The standard InChI is InChI=1S/C29H37N3O4/c1-32-25-16-17-29(32,20-24(19-25)31-27(34)23-13-7-3-8-14-23)28(35)30-18-10-4-9-15-26(33)36-21-22-11-5-2-6-12-22/h2-3,5-8,11-14,24-25H,4,9-10,15-21H2,1H3,(H,30,35)(H,31,34)/t24?,25?,29-/m1/s1. The number of carbonyl (C=O) groups excluding carboxylic acids is 3. The molecule has 2 aromatic carbocycles. The lowest BCUT2D eigenvalue weighted by molar-refractivity contribution is -0.145. The molecule has 192 valence electrons. The summed E-state index contributed by atoms with van der Waals surface area (Å²) < 4.78 is 5.32. The van der Waals surface area contributed by atoms with Crippen molar-refractivity contribution in [3.05, 3.63) is 71.8 Å². The molecule has 7 heteroatoms. The van der Waals surface area contributed by atoms with Gasteiger partial charge in [0.05, 0.1) is 0 Å². The minimum Gasteiger partial charge on any atom is -0.461 e. The van der Waals surface area contributed by atoms with E-state index >= 15 is 0 Å². The van der Waals surface area contributed by atoms with Gasteiger partial charge in [-0.05, 0) is 63.3 Å². The number of nitrogens with zero attached hydrogens (tertiary/aromatic N) is 1. The number of piperidine rings is 1. The Morgan fingerprint density at radius 2 is 1.72 bits per heavy atom. The van der Waals surface area contributed by atoms with Crippen molar-refractivity contribution in [2.45, 2.75) is 75.6 Å². The summed E-state index contributed by atoms with van der Waals surface area (Å²) in [7, 11) is 2.04. The highest BCUT2D eigenvalue weighted by molar-refractivity contribution is 5.94. The molecule has 2 aromatic rings. The topological polar surface area (TPSA) is 87.7 Å². The van der Waals surface area contributed by atoms with Crippen LogP contribution in [-0.4, -0.2) is 53.9 Å². The van der Waals surface area contributed by atoms with Gasteiger partial charge in [0, 0.05) is 30.6 Å². The number of esters is 1. The number of carbonyl (C=O) groups is 3. The van der Waals surface area contributed by atoms with Gasteiger partial charge in [-0.25, -0.2) is 0 Å².